The summed E-state index contributed by atoms with van der Waals surface area (Å²) in [5.41, 5.74) is 2.29. The Morgan fingerprint density at radius 1 is 1.15 bits per heavy atom. The monoisotopic (exact) mass is 279 g/mol. The van der Waals surface area contributed by atoms with E-state index in [2.05, 4.69) is 50.0 Å². The van der Waals surface area contributed by atoms with Gasteiger partial charge in [0.25, 0.3) is 0 Å². The van der Waals surface area contributed by atoms with Crippen LogP contribution in [-0.2, 0) is 22.5 Å². The van der Waals surface area contributed by atoms with E-state index < -0.39 is 0 Å². The second kappa shape index (κ2) is 7.41. The molecule has 4 heteroatoms. The molecular weight excluding hydrogens is 252 g/mol. The van der Waals surface area contributed by atoms with E-state index in [1.54, 1.807) is 0 Å². The standard InChI is InChI=1S/C16H27N2O2/c1-17(2)10-11-18(3,4)13-15-8-6-14(7-9-15)12-16(19)20-5/h6-9H,10-13H2,1-5H3/q+1. The molecule has 0 bridgehead atoms. The normalized spacial score (nSPS) is 11.7. The number of hydrogen-bond donors (Lipinski definition) is 0. The van der Waals surface area contributed by atoms with E-state index in [1.165, 1.54) is 12.7 Å². The summed E-state index contributed by atoms with van der Waals surface area (Å²) in [6.45, 7) is 3.18. The summed E-state index contributed by atoms with van der Waals surface area (Å²) in [6.07, 6.45) is 0.343. The van der Waals surface area contributed by atoms with Gasteiger partial charge in [-0.25, -0.2) is 0 Å². The molecule has 0 radical (unpaired) electrons. The summed E-state index contributed by atoms with van der Waals surface area (Å²) in [5.74, 6) is -0.195. The van der Waals surface area contributed by atoms with Crippen molar-refractivity contribution in [2.24, 2.45) is 0 Å². The molecule has 0 aliphatic rings. The Morgan fingerprint density at radius 3 is 2.20 bits per heavy atom. The highest BCUT2D eigenvalue weighted by Gasteiger charge is 2.16. The molecule has 0 spiro atoms. The highest BCUT2D eigenvalue weighted by molar-refractivity contribution is 5.72. The minimum Gasteiger partial charge on any atom is -0.469 e. The van der Waals surface area contributed by atoms with Gasteiger partial charge in [-0.15, -0.1) is 0 Å². The number of rotatable bonds is 7. The zero-order chi connectivity index (χ0) is 15.2. The van der Waals surface area contributed by atoms with Crippen LogP contribution in [0.25, 0.3) is 0 Å². The van der Waals surface area contributed by atoms with Crippen LogP contribution in [0.3, 0.4) is 0 Å². The molecule has 1 aromatic carbocycles. The first-order valence-electron chi connectivity index (χ1n) is 6.94. The fourth-order valence-electron chi connectivity index (χ4n) is 2.05. The second-order valence-corrected chi connectivity index (χ2v) is 6.19. The molecular formula is C16H27N2O2+. The third-order valence-electron chi connectivity index (χ3n) is 3.36. The SMILES string of the molecule is COC(=O)Cc1ccc(C[N+](C)(C)CCN(C)C)cc1. The molecule has 0 heterocycles. The topological polar surface area (TPSA) is 29.5 Å². The lowest BCUT2D eigenvalue weighted by Gasteiger charge is -2.31. The van der Waals surface area contributed by atoms with E-state index >= 15 is 0 Å². The predicted octanol–water partition coefficient (Wildman–Crippen LogP) is 1.54. The minimum absolute atomic E-state index is 0.195. The average molecular weight is 279 g/mol. The van der Waals surface area contributed by atoms with E-state index in [1.807, 2.05) is 12.1 Å². The average Bonchev–Trinajstić information content (AvgIpc) is 2.38. The first kappa shape index (κ1) is 16.7. The molecule has 1 rings (SSSR count). The van der Waals surface area contributed by atoms with Crippen LogP contribution in [0.5, 0.6) is 0 Å². The Bertz CT molecular complexity index is 425. The van der Waals surface area contributed by atoms with Crippen molar-refractivity contribution in [3.05, 3.63) is 35.4 Å². The van der Waals surface area contributed by atoms with Gasteiger partial charge < -0.3 is 14.1 Å². The molecule has 0 aliphatic heterocycles. The van der Waals surface area contributed by atoms with Gasteiger partial charge in [0.15, 0.2) is 0 Å². The Labute approximate surface area is 122 Å². The van der Waals surface area contributed by atoms with Crippen molar-refractivity contribution < 1.29 is 14.0 Å². The number of likely N-dealkylation sites (N-methyl/N-ethyl adjacent to an activating group) is 2. The van der Waals surface area contributed by atoms with Crippen LogP contribution in [0, 0.1) is 0 Å². The molecule has 0 saturated heterocycles. The van der Waals surface area contributed by atoms with Gasteiger partial charge >= 0.3 is 5.97 Å². The molecule has 0 saturated carbocycles. The molecule has 0 unspecified atom stereocenters. The highest BCUT2D eigenvalue weighted by atomic mass is 16.5. The third-order valence-corrected chi connectivity index (χ3v) is 3.36. The fourth-order valence-corrected chi connectivity index (χ4v) is 2.05. The van der Waals surface area contributed by atoms with Crippen molar-refractivity contribution in [1.82, 2.24) is 4.90 Å². The molecule has 0 aromatic heterocycles. The molecule has 0 fully saturated rings. The number of ether oxygens (including phenoxy) is 1. The Kier molecular flexibility index (Phi) is 6.17. The van der Waals surface area contributed by atoms with Gasteiger partial charge in [-0.3, -0.25) is 4.79 Å². The molecule has 0 amide bonds. The maximum atomic E-state index is 11.2. The maximum Gasteiger partial charge on any atom is 0.309 e. The van der Waals surface area contributed by atoms with Gasteiger partial charge in [0.1, 0.15) is 6.54 Å². The maximum absolute atomic E-state index is 11.2. The van der Waals surface area contributed by atoms with Gasteiger partial charge in [-0.2, -0.15) is 0 Å². The number of methoxy groups -OCH3 is 1. The Balaban J connectivity index is 2.58. The van der Waals surface area contributed by atoms with Crippen molar-refractivity contribution in [2.75, 3.05) is 48.4 Å². The fraction of sp³-hybridized carbons (Fsp3) is 0.562. The summed E-state index contributed by atoms with van der Waals surface area (Å²) in [4.78, 5) is 13.4. The molecule has 20 heavy (non-hydrogen) atoms. The van der Waals surface area contributed by atoms with E-state index in [9.17, 15) is 4.79 Å². The summed E-state index contributed by atoms with van der Waals surface area (Å²) in [7, 11) is 10.1. The second-order valence-electron chi connectivity index (χ2n) is 6.19. The highest BCUT2D eigenvalue weighted by Crippen LogP contribution is 2.11. The summed E-state index contributed by atoms with van der Waals surface area (Å²) in [5, 5.41) is 0. The molecule has 0 aliphatic carbocycles. The van der Waals surface area contributed by atoms with Crippen molar-refractivity contribution in [1.29, 1.82) is 0 Å². The lowest BCUT2D eigenvalue weighted by molar-refractivity contribution is -0.903. The number of quaternary nitrogens is 1. The molecule has 4 nitrogen and oxygen atoms in total. The summed E-state index contributed by atoms with van der Waals surface area (Å²) in [6, 6.07) is 8.23. The quantitative estimate of drug-likeness (QED) is 0.560. The first-order valence-corrected chi connectivity index (χ1v) is 6.94. The largest absolute Gasteiger partial charge is 0.469 e. The van der Waals surface area contributed by atoms with Crippen LogP contribution in [0.4, 0.5) is 0 Å². The number of benzene rings is 1. The van der Waals surface area contributed by atoms with Crippen LogP contribution >= 0.6 is 0 Å². The first-order chi connectivity index (χ1) is 9.32. The van der Waals surface area contributed by atoms with E-state index in [4.69, 9.17) is 0 Å². The van der Waals surface area contributed by atoms with Crippen molar-refractivity contribution in [2.45, 2.75) is 13.0 Å². The molecule has 0 N–H and O–H groups in total. The van der Waals surface area contributed by atoms with Crippen molar-refractivity contribution in [3.8, 4) is 0 Å². The van der Waals surface area contributed by atoms with E-state index in [-0.39, 0.29) is 5.97 Å². The summed E-state index contributed by atoms with van der Waals surface area (Å²) >= 11 is 0. The Hall–Kier alpha value is -1.39. The predicted molar refractivity (Wildman–Crippen MR) is 81.4 cm³/mol. The van der Waals surface area contributed by atoms with Gasteiger partial charge in [0.2, 0.25) is 0 Å². The van der Waals surface area contributed by atoms with Crippen LogP contribution in [0.15, 0.2) is 24.3 Å². The summed E-state index contributed by atoms with van der Waals surface area (Å²) < 4.78 is 5.63. The third kappa shape index (κ3) is 6.17. The lowest BCUT2D eigenvalue weighted by atomic mass is 10.1. The van der Waals surface area contributed by atoms with Crippen LogP contribution in [-0.4, -0.2) is 63.7 Å². The number of carbonyl (C=O) groups is 1. The van der Waals surface area contributed by atoms with Crippen LogP contribution < -0.4 is 0 Å². The molecule has 0 atom stereocenters. The molecule has 112 valence electrons. The lowest BCUT2D eigenvalue weighted by Crippen LogP contribution is -2.43. The van der Waals surface area contributed by atoms with Crippen LogP contribution in [0.1, 0.15) is 11.1 Å². The van der Waals surface area contributed by atoms with Gasteiger partial charge in [0.05, 0.1) is 34.2 Å². The number of carbonyl (C=O) groups excluding carboxylic acids is 1. The minimum atomic E-state index is -0.195. The number of hydrogen-bond acceptors (Lipinski definition) is 3. The van der Waals surface area contributed by atoms with Gasteiger partial charge in [-0.05, 0) is 19.7 Å². The number of nitrogens with zero attached hydrogens (tertiary/aromatic N) is 2. The zero-order valence-electron chi connectivity index (χ0n) is 13.3. The van der Waals surface area contributed by atoms with E-state index in [0.29, 0.717) is 6.42 Å². The van der Waals surface area contributed by atoms with E-state index in [0.717, 1.165) is 29.7 Å². The van der Waals surface area contributed by atoms with Crippen molar-refractivity contribution in [3.63, 3.8) is 0 Å². The number of esters is 1. The smallest absolute Gasteiger partial charge is 0.309 e. The zero-order valence-corrected chi connectivity index (χ0v) is 13.3. The Morgan fingerprint density at radius 2 is 1.70 bits per heavy atom. The van der Waals surface area contributed by atoms with Crippen LogP contribution in [0.2, 0.25) is 0 Å². The van der Waals surface area contributed by atoms with Crippen molar-refractivity contribution >= 4 is 5.97 Å². The molecule has 1 aromatic rings. The van der Waals surface area contributed by atoms with Gasteiger partial charge in [-0.1, -0.05) is 24.3 Å². The van der Waals surface area contributed by atoms with Gasteiger partial charge in [0, 0.05) is 12.1 Å².